The van der Waals surface area contributed by atoms with Crippen molar-refractivity contribution in [2.24, 2.45) is 0 Å². The molecule has 0 unspecified atom stereocenters. The summed E-state index contributed by atoms with van der Waals surface area (Å²) in [6.45, 7) is -0.0935. The Kier molecular flexibility index (Phi) is 7.05. The van der Waals surface area contributed by atoms with E-state index in [4.69, 9.17) is 13.9 Å². The van der Waals surface area contributed by atoms with E-state index in [1.807, 2.05) is 0 Å². The minimum absolute atomic E-state index is 0.0398. The van der Waals surface area contributed by atoms with E-state index in [1.54, 1.807) is 0 Å². The highest BCUT2D eigenvalue weighted by molar-refractivity contribution is 5.98. The summed E-state index contributed by atoms with van der Waals surface area (Å²) < 4.78 is 54.1. The number of likely N-dealkylation sites (N-methyl/N-ethyl adjacent to an activating group) is 1. The average molecular weight is 400 g/mol. The van der Waals surface area contributed by atoms with Gasteiger partial charge < -0.3 is 24.1 Å². The predicted octanol–water partition coefficient (Wildman–Crippen LogP) is 3.03. The van der Waals surface area contributed by atoms with Crippen LogP contribution < -0.4 is 10.1 Å². The molecule has 2 amide bonds. The molecule has 0 aliphatic heterocycles. The van der Waals surface area contributed by atoms with Crippen LogP contribution in [0.4, 0.5) is 18.9 Å². The van der Waals surface area contributed by atoms with Crippen LogP contribution in [-0.2, 0) is 15.7 Å². The van der Waals surface area contributed by atoms with Gasteiger partial charge in [-0.25, -0.2) is 0 Å². The normalized spacial score (nSPS) is 11.2. The molecule has 0 fully saturated rings. The lowest BCUT2D eigenvalue weighted by atomic mass is 10.1. The van der Waals surface area contributed by atoms with Crippen LogP contribution in [-0.4, -0.2) is 50.6 Å². The lowest BCUT2D eigenvalue weighted by molar-refractivity contribution is -0.137. The summed E-state index contributed by atoms with van der Waals surface area (Å²) in [6.07, 6.45) is -3.27. The summed E-state index contributed by atoms with van der Waals surface area (Å²) in [5.41, 5.74) is -1.10. The molecule has 0 aliphatic rings. The van der Waals surface area contributed by atoms with Gasteiger partial charge in [0.25, 0.3) is 5.91 Å². The van der Waals surface area contributed by atoms with E-state index in [2.05, 4.69) is 5.32 Å². The number of carbonyl (C=O) groups excluding carboxylic acids is 2. The highest BCUT2D eigenvalue weighted by Gasteiger charge is 2.31. The van der Waals surface area contributed by atoms with E-state index < -0.39 is 30.1 Å². The zero-order chi connectivity index (χ0) is 20.7. The molecule has 2 rings (SSSR count). The summed E-state index contributed by atoms with van der Waals surface area (Å²) in [6, 6.07) is 5.70. The monoisotopic (exact) mass is 400 g/mol. The van der Waals surface area contributed by atoms with Gasteiger partial charge in [-0.05, 0) is 30.3 Å². The smallest absolute Gasteiger partial charge is 0.416 e. The van der Waals surface area contributed by atoms with Crippen LogP contribution in [0.15, 0.2) is 41.0 Å². The van der Waals surface area contributed by atoms with Gasteiger partial charge in [0.05, 0.1) is 30.7 Å². The maximum absolute atomic E-state index is 13.0. The number of nitrogens with one attached hydrogen (secondary N) is 1. The van der Waals surface area contributed by atoms with Gasteiger partial charge in [-0.1, -0.05) is 0 Å². The number of benzene rings is 1. The molecule has 1 aromatic carbocycles. The molecule has 0 atom stereocenters. The third-order valence-corrected chi connectivity index (χ3v) is 3.59. The minimum Gasteiger partial charge on any atom is -0.489 e. The Morgan fingerprint density at radius 2 is 1.96 bits per heavy atom. The van der Waals surface area contributed by atoms with Crippen LogP contribution in [0.2, 0.25) is 0 Å². The Hall–Kier alpha value is -3.01. The highest BCUT2D eigenvalue weighted by Crippen LogP contribution is 2.35. The van der Waals surface area contributed by atoms with Gasteiger partial charge in [-0.2, -0.15) is 13.2 Å². The highest BCUT2D eigenvalue weighted by atomic mass is 19.4. The first-order valence-corrected chi connectivity index (χ1v) is 8.14. The second kappa shape index (κ2) is 9.27. The molecule has 152 valence electrons. The number of amides is 2. The van der Waals surface area contributed by atoms with Gasteiger partial charge in [-0.3, -0.25) is 9.59 Å². The van der Waals surface area contributed by atoms with E-state index in [-0.39, 0.29) is 30.4 Å². The largest absolute Gasteiger partial charge is 0.489 e. The Bertz CT molecular complexity index is 806. The molecule has 1 aromatic heterocycles. The molecule has 0 radical (unpaired) electrons. The predicted molar refractivity (Wildman–Crippen MR) is 93.1 cm³/mol. The molecule has 0 aliphatic carbocycles. The van der Waals surface area contributed by atoms with Gasteiger partial charge >= 0.3 is 6.18 Å². The van der Waals surface area contributed by atoms with Crippen LogP contribution in [0.3, 0.4) is 0 Å². The molecule has 0 spiro atoms. The number of anilines is 1. The fraction of sp³-hybridized carbons (Fsp3) is 0.333. The number of hydrogen-bond acceptors (Lipinski definition) is 5. The SMILES string of the molecule is COCCOc1ccc(C(F)(F)F)cc1NC(=O)CN(C)C(=O)c1ccco1. The van der Waals surface area contributed by atoms with Crippen LogP contribution in [0.1, 0.15) is 16.1 Å². The fourth-order valence-corrected chi connectivity index (χ4v) is 2.23. The zero-order valence-electron chi connectivity index (χ0n) is 15.2. The number of furan rings is 1. The number of hydrogen-bond donors (Lipinski definition) is 1. The van der Waals surface area contributed by atoms with E-state index in [0.29, 0.717) is 0 Å². The van der Waals surface area contributed by atoms with Crippen LogP contribution in [0.25, 0.3) is 0 Å². The molecule has 2 aromatic rings. The van der Waals surface area contributed by atoms with Crippen molar-refractivity contribution in [1.29, 1.82) is 0 Å². The van der Waals surface area contributed by atoms with Crippen molar-refractivity contribution in [3.05, 3.63) is 47.9 Å². The van der Waals surface area contributed by atoms with Gasteiger partial charge in [-0.15, -0.1) is 0 Å². The summed E-state index contributed by atoms with van der Waals surface area (Å²) in [4.78, 5) is 25.4. The molecule has 10 heteroatoms. The van der Waals surface area contributed by atoms with E-state index in [9.17, 15) is 22.8 Å². The van der Waals surface area contributed by atoms with Gasteiger partial charge in [0.15, 0.2) is 5.76 Å². The molecule has 0 saturated heterocycles. The van der Waals surface area contributed by atoms with Crippen LogP contribution >= 0.6 is 0 Å². The maximum Gasteiger partial charge on any atom is 0.416 e. The fourth-order valence-electron chi connectivity index (χ4n) is 2.23. The third kappa shape index (κ3) is 5.74. The summed E-state index contributed by atoms with van der Waals surface area (Å²) in [5.74, 6) is -1.14. The number of alkyl halides is 3. The van der Waals surface area contributed by atoms with E-state index in [1.165, 1.54) is 32.6 Å². The third-order valence-electron chi connectivity index (χ3n) is 3.59. The number of methoxy groups -OCH3 is 1. The second-order valence-corrected chi connectivity index (χ2v) is 5.74. The number of halogens is 3. The van der Waals surface area contributed by atoms with E-state index in [0.717, 1.165) is 23.1 Å². The lowest BCUT2D eigenvalue weighted by Gasteiger charge is -2.18. The standard InChI is InChI=1S/C18H19F3N2O5/c1-23(17(25)15-4-3-7-27-15)11-16(24)22-13-10-12(18(19,20)21)5-6-14(13)28-9-8-26-2/h3-7,10H,8-9,11H2,1-2H3,(H,22,24). The Morgan fingerprint density at radius 3 is 2.57 bits per heavy atom. The first kappa shape index (κ1) is 21.3. The first-order chi connectivity index (χ1) is 13.2. The van der Waals surface area contributed by atoms with Gasteiger partial charge in [0, 0.05) is 14.2 Å². The van der Waals surface area contributed by atoms with Crippen molar-refractivity contribution >= 4 is 17.5 Å². The molecule has 0 saturated carbocycles. The molecule has 1 heterocycles. The Labute approximate surface area is 159 Å². The van der Waals surface area contributed by atoms with Crippen LogP contribution in [0.5, 0.6) is 5.75 Å². The molecule has 0 bridgehead atoms. The number of carbonyl (C=O) groups is 2. The Morgan fingerprint density at radius 1 is 1.21 bits per heavy atom. The molecular formula is C18H19F3N2O5. The topological polar surface area (TPSA) is 81.0 Å². The minimum atomic E-state index is -4.59. The quantitative estimate of drug-likeness (QED) is 0.689. The number of rotatable bonds is 8. The molecular weight excluding hydrogens is 381 g/mol. The summed E-state index contributed by atoms with van der Waals surface area (Å²) >= 11 is 0. The lowest BCUT2D eigenvalue weighted by Crippen LogP contribution is -2.34. The molecule has 28 heavy (non-hydrogen) atoms. The van der Waals surface area contributed by atoms with Crippen molar-refractivity contribution in [1.82, 2.24) is 4.90 Å². The molecule has 1 N–H and O–H groups in total. The van der Waals surface area contributed by atoms with E-state index >= 15 is 0 Å². The Balaban J connectivity index is 2.12. The number of nitrogens with zero attached hydrogens (tertiary/aromatic N) is 1. The number of ether oxygens (including phenoxy) is 2. The molecule has 7 nitrogen and oxygen atoms in total. The first-order valence-electron chi connectivity index (χ1n) is 8.14. The van der Waals surface area contributed by atoms with Crippen molar-refractivity contribution in [3.63, 3.8) is 0 Å². The van der Waals surface area contributed by atoms with Gasteiger partial charge in [0.1, 0.15) is 12.4 Å². The summed E-state index contributed by atoms with van der Waals surface area (Å²) in [5, 5.41) is 2.35. The van der Waals surface area contributed by atoms with Crippen molar-refractivity contribution < 1.29 is 36.7 Å². The second-order valence-electron chi connectivity index (χ2n) is 5.74. The summed E-state index contributed by atoms with van der Waals surface area (Å²) in [7, 11) is 2.82. The van der Waals surface area contributed by atoms with Crippen molar-refractivity contribution in [2.45, 2.75) is 6.18 Å². The van der Waals surface area contributed by atoms with Gasteiger partial charge in [0.2, 0.25) is 5.91 Å². The van der Waals surface area contributed by atoms with Crippen molar-refractivity contribution in [3.8, 4) is 5.75 Å². The zero-order valence-corrected chi connectivity index (χ0v) is 15.2. The maximum atomic E-state index is 13.0. The van der Waals surface area contributed by atoms with Crippen molar-refractivity contribution in [2.75, 3.05) is 39.2 Å². The van der Waals surface area contributed by atoms with Crippen LogP contribution in [0, 0.1) is 0 Å². The average Bonchev–Trinajstić information content (AvgIpc) is 3.16.